The number of hydrogen-bond acceptors (Lipinski definition) is 5. The molecule has 104 valence electrons. The van der Waals surface area contributed by atoms with Crippen molar-refractivity contribution >= 4 is 21.4 Å². The van der Waals surface area contributed by atoms with Crippen molar-refractivity contribution in [2.75, 3.05) is 0 Å². The molecule has 0 unspecified atom stereocenters. The van der Waals surface area contributed by atoms with Gasteiger partial charge >= 0.3 is 4.87 Å². The van der Waals surface area contributed by atoms with Crippen LogP contribution in [0, 0.1) is 13.8 Å². The van der Waals surface area contributed by atoms with E-state index in [4.69, 9.17) is 0 Å². The highest BCUT2D eigenvalue weighted by molar-refractivity contribution is 7.91. The standard InChI is InChI=1S/C10H14N4O3S2/c1-6-8(5-14(3)13-6)4-11-19(16,17)9-7(2)12-10(15)18-9/h5,11H,4H2,1-3H3,(H,12,15). The van der Waals surface area contributed by atoms with E-state index in [1.54, 1.807) is 24.9 Å². The molecule has 0 amide bonds. The van der Waals surface area contributed by atoms with Gasteiger partial charge < -0.3 is 4.98 Å². The average molecular weight is 302 g/mol. The van der Waals surface area contributed by atoms with E-state index in [0.29, 0.717) is 17.0 Å². The van der Waals surface area contributed by atoms with Crippen LogP contribution in [0.25, 0.3) is 0 Å². The second kappa shape index (κ2) is 4.91. The Morgan fingerprint density at radius 3 is 2.63 bits per heavy atom. The summed E-state index contributed by atoms with van der Waals surface area (Å²) in [7, 11) is -1.90. The molecule has 0 bridgehead atoms. The van der Waals surface area contributed by atoms with Gasteiger partial charge in [0.15, 0.2) is 4.21 Å². The molecule has 2 aromatic rings. The Morgan fingerprint density at radius 2 is 2.16 bits per heavy atom. The van der Waals surface area contributed by atoms with Crippen LogP contribution in [0.3, 0.4) is 0 Å². The number of hydrogen-bond donors (Lipinski definition) is 2. The molecule has 0 saturated heterocycles. The second-order valence-corrected chi connectivity index (χ2v) is 7.11. The molecule has 0 spiro atoms. The highest BCUT2D eigenvalue weighted by atomic mass is 32.2. The quantitative estimate of drug-likeness (QED) is 0.847. The minimum absolute atomic E-state index is 0.0269. The number of thiazole rings is 1. The van der Waals surface area contributed by atoms with Gasteiger partial charge in [-0.3, -0.25) is 9.48 Å². The van der Waals surface area contributed by atoms with Crippen LogP contribution >= 0.6 is 11.3 Å². The zero-order chi connectivity index (χ0) is 14.2. The van der Waals surface area contributed by atoms with Crippen molar-refractivity contribution in [1.82, 2.24) is 19.5 Å². The van der Waals surface area contributed by atoms with Gasteiger partial charge in [0.1, 0.15) is 0 Å². The van der Waals surface area contributed by atoms with Gasteiger partial charge in [-0.2, -0.15) is 5.10 Å². The molecule has 0 radical (unpaired) electrons. The van der Waals surface area contributed by atoms with Gasteiger partial charge in [0.2, 0.25) is 0 Å². The molecule has 0 fully saturated rings. The Labute approximate surface area is 114 Å². The number of nitrogens with one attached hydrogen (secondary N) is 2. The maximum atomic E-state index is 12.1. The Bertz CT molecular complexity index is 754. The van der Waals surface area contributed by atoms with Crippen molar-refractivity contribution in [2.24, 2.45) is 7.05 Å². The zero-order valence-electron chi connectivity index (χ0n) is 10.7. The maximum Gasteiger partial charge on any atom is 0.305 e. The number of H-pyrrole nitrogens is 1. The minimum Gasteiger partial charge on any atom is -0.315 e. The van der Waals surface area contributed by atoms with E-state index in [-0.39, 0.29) is 15.6 Å². The van der Waals surface area contributed by atoms with E-state index in [0.717, 1.165) is 11.3 Å². The molecular formula is C10H14N4O3S2. The molecule has 2 heterocycles. The Kier molecular flexibility index (Phi) is 3.61. The van der Waals surface area contributed by atoms with Gasteiger partial charge in [0, 0.05) is 31.0 Å². The first kappa shape index (κ1) is 14.0. The summed E-state index contributed by atoms with van der Waals surface area (Å²) in [6, 6.07) is 0. The van der Waals surface area contributed by atoms with E-state index in [2.05, 4.69) is 14.8 Å². The topological polar surface area (TPSA) is 96.8 Å². The number of aromatic nitrogens is 3. The fraction of sp³-hybridized carbons (Fsp3) is 0.400. The normalized spacial score (nSPS) is 11.9. The third-order valence-electron chi connectivity index (χ3n) is 2.59. The monoisotopic (exact) mass is 302 g/mol. The van der Waals surface area contributed by atoms with Gasteiger partial charge in [-0.1, -0.05) is 11.3 Å². The predicted molar refractivity (Wildman–Crippen MR) is 71.6 cm³/mol. The summed E-state index contributed by atoms with van der Waals surface area (Å²) in [5, 5.41) is 4.13. The number of aryl methyl sites for hydroxylation is 3. The summed E-state index contributed by atoms with van der Waals surface area (Å²) in [5.41, 5.74) is 1.92. The summed E-state index contributed by atoms with van der Waals surface area (Å²) >= 11 is 0.683. The lowest BCUT2D eigenvalue weighted by Gasteiger charge is -2.04. The van der Waals surface area contributed by atoms with Crippen LogP contribution in [0.2, 0.25) is 0 Å². The van der Waals surface area contributed by atoms with Crippen molar-refractivity contribution in [3.05, 3.63) is 32.8 Å². The first-order valence-electron chi connectivity index (χ1n) is 5.48. The van der Waals surface area contributed by atoms with Crippen molar-refractivity contribution in [1.29, 1.82) is 0 Å². The molecule has 2 aromatic heterocycles. The Balaban J connectivity index is 2.21. The fourth-order valence-electron chi connectivity index (χ4n) is 1.71. The molecule has 0 aliphatic heterocycles. The van der Waals surface area contributed by atoms with Crippen LogP contribution in [0.15, 0.2) is 15.2 Å². The smallest absolute Gasteiger partial charge is 0.305 e. The predicted octanol–water partition coefficient (Wildman–Crippen LogP) is 0.265. The third-order valence-corrected chi connectivity index (χ3v) is 5.60. The van der Waals surface area contributed by atoms with Crippen LogP contribution < -0.4 is 9.60 Å². The summed E-state index contributed by atoms with van der Waals surface area (Å²) in [6.07, 6.45) is 1.75. The number of aromatic amines is 1. The first-order chi connectivity index (χ1) is 8.79. The summed E-state index contributed by atoms with van der Waals surface area (Å²) < 4.78 is 28.3. The van der Waals surface area contributed by atoms with Gasteiger partial charge in [-0.05, 0) is 13.8 Å². The van der Waals surface area contributed by atoms with Crippen LogP contribution in [0.1, 0.15) is 17.0 Å². The maximum absolute atomic E-state index is 12.1. The molecule has 0 aliphatic rings. The molecule has 9 heteroatoms. The Hall–Kier alpha value is -1.45. The van der Waals surface area contributed by atoms with Crippen molar-refractivity contribution < 1.29 is 8.42 Å². The lowest BCUT2D eigenvalue weighted by Crippen LogP contribution is -2.23. The van der Waals surface area contributed by atoms with Gasteiger partial charge in [-0.15, -0.1) is 0 Å². The van der Waals surface area contributed by atoms with Gasteiger partial charge in [-0.25, -0.2) is 13.1 Å². The van der Waals surface area contributed by atoms with Gasteiger partial charge in [0.05, 0.1) is 5.69 Å². The van der Waals surface area contributed by atoms with E-state index >= 15 is 0 Å². The summed E-state index contributed by atoms with van der Waals surface area (Å²) in [6.45, 7) is 3.51. The van der Waals surface area contributed by atoms with Crippen molar-refractivity contribution in [3.63, 3.8) is 0 Å². The van der Waals surface area contributed by atoms with E-state index < -0.39 is 10.0 Å². The number of rotatable bonds is 4. The van der Waals surface area contributed by atoms with Crippen LogP contribution in [-0.2, 0) is 23.6 Å². The molecular weight excluding hydrogens is 288 g/mol. The van der Waals surface area contributed by atoms with Crippen molar-refractivity contribution in [2.45, 2.75) is 24.6 Å². The molecule has 0 aromatic carbocycles. The first-order valence-corrected chi connectivity index (χ1v) is 7.78. The lowest BCUT2D eigenvalue weighted by atomic mass is 10.3. The molecule has 0 aliphatic carbocycles. The summed E-state index contributed by atoms with van der Waals surface area (Å²) in [5.74, 6) is 0. The van der Waals surface area contributed by atoms with Crippen LogP contribution in [0.5, 0.6) is 0 Å². The second-order valence-electron chi connectivity index (χ2n) is 4.16. The van der Waals surface area contributed by atoms with E-state index in [9.17, 15) is 13.2 Å². The van der Waals surface area contributed by atoms with Gasteiger partial charge in [0.25, 0.3) is 10.0 Å². The SMILES string of the molecule is Cc1nn(C)cc1CNS(=O)(=O)c1sc(=O)[nH]c1C. The largest absolute Gasteiger partial charge is 0.315 e. The number of sulfonamides is 1. The average Bonchev–Trinajstić information content (AvgIpc) is 2.79. The molecule has 7 nitrogen and oxygen atoms in total. The highest BCUT2D eigenvalue weighted by Crippen LogP contribution is 2.16. The fourth-order valence-corrected chi connectivity index (χ4v) is 4.06. The molecule has 19 heavy (non-hydrogen) atoms. The minimum atomic E-state index is -3.68. The molecule has 0 saturated carbocycles. The van der Waals surface area contributed by atoms with Crippen LogP contribution in [-0.4, -0.2) is 23.2 Å². The molecule has 2 N–H and O–H groups in total. The van der Waals surface area contributed by atoms with E-state index in [1.165, 1.54) is 0 Å². The summed E-state index contributed by atoms with van der Waals surface area (Å²) in [4.78, 5) is 13.2. The molecule has 0 atom stereocenters. The number of nitrogens with zero attached hydrogens (tertiary/aromatic N) is 2. The third kappa shape index (κ3) is 2.94. The molecule has 2 rings (SSSR count). The zero-order valence-corrected chi connectivity index (χ0v) is 12.4. The van der Waals surface area contributed by atoms with Crippen LogP contribution in [0.4, 0.5) is 0 Å². The Morgan fingerprint density at radius 1 is 1.47 bits per heavy atom. The lowest BCUT2D eigenvalue weighted by molar-refractivity contribution is 0.582. The highest BCUT2D eigenvalue weighted by Gasteiger charge is 2.20. The van der Waals surface area contributed by atoms with Crippen molar-refractivity contribution in [3.8, 4) is 0 Å². The van der Waals surface area contributed by atoms with E-state index in [1.807, 2.05) is 6.92 Å².